The van der Waals surface area contributed by atoms with Crippen molar-refractivity contribution in [3.63, 3.8) is 0 Å². The van der Waals surface area contributed by atoms with Gasteiger partial charge in [-0.25, -0.2) is 9.97 Å². The Kier molecular flexibility index (Phi) is 4.89. The molecule has 0 atom stereocenters. The van der Waals surface area contributed by atoms with E-state index in [4.69, 9.17) is 11.6 Å². The number of hydrogen-bond donors (Lipinski definition) is 1. The second-order valence-electron chi connectivity index (χ2n) is 4.18. The standard InChI is InChI=1S/C13H14ClN5O2/c1-9(18-21-2)12(20)17-13-15-5-6-19(13)8-10-3-4-11(14)16-7-10/h3-7H,8H2,1-2H3,(H,15,17,20)/b18-9+. The molecule has 0 aliphatic rings. The van der Waals surface area contributed by atoms with Crippen LogP contribution < -0.4 is 5.32 Å². The van der Waals surface area contributed by atoms with Crippen LogP contribution >= 0.6 is 11.6 Å². The summed E-state index contributed by atoms with van der Waals surface area (Å²) in [7, 11) is 1.38. The second kappa shape index (κ2) is 6.85. The molecule has 0 spiro atoms. The predicted molar refractivity (Wildman–Crippen MR) is 79.3 cm³/mol. The molecule has 0 unspecified atom stereocenters. The zero-order valence-corrected chi connectivity index (χ0v) is 12.3. The minimum absolute atomic E-state index is 0.209. The Morgan fingerprint density at radius 3 is 2.95 bits per heavy atom. The fourth-order valence-electron chi connectivity index (χ4n) is 1.63. The second-order valence-corrected chi connectivity index (χ2v) is 4.57. The number of pyridine rings is 1. The highest BCUT2D eigenvalue weighted by molar-refractivity contribution is 6.41. The summed E-state index contributed by atoms with van der Waals surface area (Å²) in [6, 6.07) is 3.57. The summed E-state index contributed by atoms with van der Waals surface area (Å²) < 4.78 is 1.78. The van der Waals surface area contributed by atoms with Crippen molar-refractivity contribution in [2.75, 3.05) is 12.4 Å². The average molecular weight is 308 g/mol. The third-order valence-corrected chi connectivity index (χ3v) is 2.86. The molecule has 2 aromatic heterocycles. The normalized spacial score (nSPS) is 11.3. The predicted octanol–water partition coefficient (Wildman–Crippen LogP) is 1.94. The summed E-state index contributed by atoms with van der Waals surface area (Å²) >= 11 is 5.75. The Morgan fingerprint density at radius 1 is 1.48 bits per heavy atom. The molecule has 0 bridgehead atoms. The summed E-state index contributed by atoms with van der Waals surface area (Å²) in [5, 5.41) is 6.67. The first-order valence-electron chi connectivity index (χ1n) is 6.11. The molecule has 0 aromatic carbocycles. The number of nitrogens with zero attached hydrogens (tertiary/aromatic N) is 4. The maximum absolute atomic E-state index is 11.8. The van der Waals surface area contributed by atoms with Crippen LogP contribution in [0.5, 0.6) is 0 Å². The highest BCUT2D eigenvalue weighted by atomic mass is 35.5. The van der Waals surface area contributed by atoms with Gasteiger partial charge < -0.3 is 9.40 Å². The molecule has 0 aliphatic heterocycles. The van der Waals surface area contributed by atoms with Crippen molar-refractivity contribution in [3.8, 4) is 0 Å². The number of amides is 1. The van der Waals surface area contributed by atoms with Gasteiger partial charge in [0, 0.05) is 18.6 Å². The first-order valence-corrected chi connectivity index (χ1v) is 6.48. The molecular weight excluding hydrogens is 294 g/mol. The monoisotopic (exact) mass is 307 g/mol. The molecule has 21 heavy (non-hydrogen) atoms. The maximum atomic E-state index is 11.8. The average Bonchev–Trinajstić information content (AvgIpc) is 2.89. The molecule has 1 amide bonds. The number of carbonyl (C=O) groups is 1. The quantitative estimate of drug-likeness (QED) is 0.520. The number of imidazole rings is 1. The molecule has 0 aliphatic carbocycles. The molecule has 2 heterocycles. The van der Waals surface area contributed by atoms with Gasteiger partial charge >= 0.3 is 0 Å². The van der Waals surface area contributed by atoms with Crippen LogP contribution in [-0.4, -0.2) is 33.3 Å². The summed E-state index contributed by atoms with van der Waals surface area (Å²) in [6.07, 6.45) is 5.03. The molecule has 2 rings (SSSR count). The van der Waals surface area contributed by atoms with Gasteiger partial charge in [-0.2, -0.15) is 0 Å². The number of aromatic nitrogens is 3. The fraction of sp³-hybridized carbons (Fsp3) is 0.231. The van der Waals surface area contributed by atoms with Gasteiger partial charge in [-0.15, -0.1) is 0 Å². The van der Waals surface area contributed by atoms with Crippen LogP contribution in [0.15, 0.2) is 35.9 Å². The number of anilines is 1. The largest absolute Gasteiger partial charge is 0.399 e. The lowest BCUT2D eigenvalue weighted by molar-refractivity contribution is -0.110. The van der Waals surface area contributed by atoms with E-state index in [2.05, 4.69) is 25.3 Å². The van der Waals surface area contributed by atoms with E-state index >= 15 is 0 Å². The summed E-state index contributed by atoms with van der Waals surface area (Å²) in [6.45, 7) is 2.06. The van der Waals surface area contributed by atoms with E-state index in [1.165, 1.54) is 7.11 Å². The molecule has 110 valence electrons. The van der Waals surface area contributed by atoms with E-state index in [-0.39, 0.29) is 11.6 Å². The van der Waals surface area contributed by atoms with Crippen LogP contribution in [-0.2, 0) is 16.2 Å². The summed E-state index contributed by atoms with van der Waals surface area (Å²) in [5.41, 5.74) is 1.15. The first-order chi connectivity index (χ1) is 10.1. The van der Waals surface area contributed by atoms with Crippen molar-refractivity contribution in [1.82, 2.24) is 14.5 Å². The van der Waals surface area contributed by atoms with Crippen molar-refractivity contribution in [3.05, 3.63) is 41.4 Å². The smallest absolute Gasteiger partial charge is 0.275 e. The van der Waals surface area contributed by atoms with E-state index in [0.29, 0.717) is 17.6 Å². The SMILES string of the molecule is CO/N=C(\C)C(=O)Nc1nccn1Cc1ccc(Cl)nc1. The molecule has 7 nitrogen and oxygen atoms in total. The van der Waals surface area contributed by atoms with Crippen LogP contribution in [0.1, 0.15) is 12.5 Å². The first kappa shape index (κ1) is 15.0. The Morgan fingerprint density at radius 2 is 2.29 bits per heavy atom. The number of hydrogen-bond acceptors (Lipinski definition) is 5. The minimum Gasteiger partial charge on any atom is -0.399 e. The Bertz CT molecular complexity index is 651. The minimum atomic E-state index is -0.376. The summed E-state index contributed by atoms with van der Waals surface area (Å²) in [5.74, 6) is 0.0409. The third kappa shape index (κ3) is 4.03. The van der Waals surface area contributed by atoms with Crippen molar-refractivity contribution in [2.45, 2.75) is 13.5 Å². The van der Waals surface area contributed by atoms with Gasteiger partial charge in [-0.05, 0) is 18.6 Å². The molecule has 8 heteroatoms. The molecule has 1 N–H and O–H groups in total. The third-order valence-electron chi connectivity index (χ3n) is 2.64. The Hall–Kier alpha value is -2.41. The van der Waals surface area contributed by atoms with E-state index in [0.717, 1.165) is 5.56 Å². The highest BCUT2D eigenvalue weighted by Crippen LogP contribution is 2.11. The van der Waals surface area contributed by atoms with Crippen LogP contribution in [0.3, 0.4) is 0 Å². The lowest BCUT2D eigenvalue weighted by atomic mass is 10.3. The van der Waals surface area contributed by atoms with Crippen molar-refractivity contribution in [2.24, 2.45) is 5.16 Å². The summed E-state index contributed by atoms with van der Waals surface area (Å²) in [4.78, 5) is 24.5. The van der Waals surface area contributed by atoms with Crippen molar-refractivity contribution >= 4 is 29.2 Å². The van der Waals surface area contributed by atoms with Crippen molar-refractivity contribution in [1.29, 1.82) is 0 Å². The molecular formula is C13H14ClN5O2. The van der Waals surface area contributed by atoms with Gasteiger partial charge in [-0.1, -0.05) is 22.8 Å². The van der Waals surface area contributed by atoms with Gasteiger partial charge in [0.1, 0.15) is 18.0 Å². The van der Waals surface area contributed by atoms with Crippen molar-refractivity contribution < 1.29 is 9.63 Å². The lowest BCUT2D eigenvalue weighted by Crippen LogP contribution is -2.23. The van der Waals surface area contributed by atoms with E-state index in [1.54, 1.807) is 36.1 Å². The van der Waals surface area contributed by atoms with Crippen LogP contribution in [0.2, 0.25) is 5.15 Å². The zero-order chi connectivity index (χ0) is 15.2. The van der Waals surface area contributed by atoms with E-state index < -0.39 is 0 Å². The van der Waals surface area contributed by atoms with E-state index in [1.807, 2.05) is 6.07 Å². The molecule has 2 aromatic rings. The van der Waals surface area contributed by atoms with Gasteiger partial charge in [0.2, 0.25) is 5.95 Å². The van der Waals surface area contributed by atoms with Crippen LogP contribution in [0.25, 0.3) is 0 Å². The van der Waals surface area contributed by atoms with Gasteiger partial charge in [-0.3, -0.25) is 10.1 Å². The molecule has 0 saturated carbocycles. The zero-order valence-electron chi connectivity index (χ0n) is 11.6. The Balaban J connectivity index is 2.10. The maximum Gasteiger partial charge on any atom is 0.275 e. The number of carbonyl (C=O) groups excluding carboxylic acids is 1. The van der Waals surface area contributed by atoms with Gasteiger partial charge in [0.25, 0.3) is 5.91 Å². The molecule has 0 fully saturated rings. The number of oxime groups is 1. The number of rotatable bonds is 5. The Labute approximate surface area is 126 Å². The lowest BCUT2D eigenvalue weighted by Gasteiger charge is -2.08. The number of nitrogens with one attached hydrogen (secondary N) is 1. The highest BCUT2D eigenvalue weighted by Gasteiger charge is 2.11. The fourth-order valence-corrected chi connectivity index (χ4v) is 1.74. The van der Waals surface area contributed by atoms with Gasteiger partial charge in [0.15, 0.2) is 0 Å². The van der Waals surface area contributed by atoms with Crippen LogP contribution in [0, 0.1) is 0 Å². The van der Waals surface area contributed by atoms with E-state index in [9.17, 15) is 4.79 Å². The molecule has 0 radical (unpaired) electrons. The topological polar surface area (TPSA) is 81.4 Å². The number of halogens is 1. The van der Waals surface area contributed by atoms with Gasteiger partial charge in [0.05, 0.1) is 6.54 Å². The van der Waals surface area contributed by atoms with Crippen LogP contribution in [0.4, 0.5) is 5.95 Å². The molecule has 0 saturated heterocycles.